The van der Waals surface area contributed by atoms with Gasteiger partial charge in [-0.1, -0.05) is 13.8 Å². The number of methoxy groups -OCH3 is 1. The van der Waals surface area contributed by atoms with Crippen LogP contribution in [0.15, 0.2) is 29.6 Å². The number of ether oxygens (including phenoxy) is 2. The molecule has 1 unspecified atom stereocenters. The number of nitrogens with one attached hydrogen (secondary N) is 1. The molecule has 1 aromatic carbocycles. The second-order valence-electron chi connectivity index (χ2n) is 5.16. The van der Waals surface area contributed by atoms with Crippen LogP contribution in [0.2, 0.25) is 0 Å². The third-order valence-electron chi connectivity index (χ3n) is 3.09. The zero-order chi connectivity index (χ0) is 16.1. The fourth-order valence-corrected chi connectivity index (χ4v) is 2.60. The van der Waals surface area contributed by atoms with E-state index in [0.29, 0.717) is 16.8 Å². The van der Waals surface area contributed by atoms with E-state index in [1.807, 2.05) is 5.38 Å². The van der Waals surface area contributed by atoms with Gasteiger partial charge in [0.15, 0.2) is 11.2 Å². The SMILES string of the molecule is COc1ccc(OC(C)C(=O)Nc2nc(C(C)C)cs2)cc1. The molecule has 0 spiro atoms. The Balaban J connectivity index is 1.93. The summed E-state index contributed by atoms with van der Waals surface area (Å²) in [6.45, 7) is 5.84. The van der Waals surface area contributed by atoms with Gasteiger partial charge < -0.3 is 9.47 Å². The van der Waals surface area contributed by atoms with E-state index in [-0.39, 0.29) is 5.91 Å². The minimum atomic E-state index is -0.611. The summed E-state index contributed by atoms with van der Waals surface area (Å²) in [6, 6.07) is 7.11. The number of aromatic nitrogens is 1. The zero-order valence-corrected chi connectivity index (χ0v) is 13.9. The molecule has 5 nitrogen and oxygen atoms in total. The molecule has 1 amide bonds. The molecular weight excluding hydrogens is 300 g/mol. The Labute approximate surface area is 134 Å². The second kappa shape index (κ2) is 7.26. The molecule has 0 radical (unpaired) electrons. The van der Waals surface area contributed by atoms with Crippen LogP contribution in [0, 0.1) is 0 Å². The van der Waals surface area contributed by atoms with Gasteiger partial charge in [0, 0.05) is 5.38 Å². The lowest BCUT2D eigenvalue weighted by Gasteiger charge is -2.14. The largest absolute Gasteiger partial charge is 0.497 e. The van der Waals surface area contributed by atoms with Crippen molar-refractivity contribution >= 4 is 22.4 Å². The van der Waals surface area contributed by atoms with Crippen molar-refractivity contribution in [3.63, 3.8) is 0 Å². The highest BCUT2D eigenvalue weighted by Crippen LogP contribution is 2.22. The topological polar surface area (TPSA) is 60.5 Å². The highest BCUT2D eigenvalue weighted by molar-refractivity contribution is 7.13. The van der Waals surface area contributed by atoms with Crippen molar-refractivity contribution in [1.29, 1.82) is 0 Å². The van der Waals surface area contributed by atoms with Crippen LogP contribution in [0.1, 0.15) is 32.4 Å². The van der Waals surface area contributed by atoms with Crippen LogP contribution >= 0.6 is 11.3 Å². The van der Waals surface area contributed by atoms with Gasteiger partial charge in [-0.05, 0) is 37.1 Å². The maximum Gasteiger partial charge on any atom is 0.266 e. The molecule has 0 saturated heterocycles. The Morgan fingerprint density at radius 3 is 2.36 bits per heavy atom. The number of amides is 1. The van der Waals surface area contributed by atoms with Gasteiger partial charge in [0.05, 0.1) is 12.8 Å². The molecule has 6 heteroatoms. The summed E-state index contributed by atoms with van der Waals surface area (Å²) in [5.74, 6) is 1.48. The highest BCUT2D eigenvalue weighted by atomic mass is 32.1. The van der Waals surface area contributed by atoms with Gasteiger partial charge in [-0.2, -0.15) is 0 Å². The second-order valence-corrected chi connectivity index (χ2v) is 6.02. The zero-order valence-electron chi connectivity index (χ0n) is 13.1. The first-order valence-electron chi connectivity index (χ1n) is 7.06. The van der Waals surface area contributed by atoms with Crippen LogP contribution < -0.4 is 14.8 Å². The summed E-state index contributed by atoms with van der Waals surface area (Å²) in [4.78, 5) is 16.5. The summed E-state index contributed by atoms with van der Waals surface area (Å²) in [5, 5.41) is 5.33. The van der Waals surface area contributed by atoms with Crippen molar-refractivity contribution in [2.45, 2.75) is 32.8 Å². The molecule has 0 bridgehead atoms. The average molecular weight is 320 g/mol. The smallest absolute Gasteiger partial charge is 0.266 e. The van der Waals surface area contributed by atoms with Crippen molar-refractivity contribution in [1.82, 2.24) is 4.98 Å². The van der Waals surface area contributed by atoms with Crippen molar-refractivity contribution < 1.29 is 14.3 Å². The number of nitrogens with zero attached hydrogens (tertiary/aromatic N) is 1. The number of hydrogen-bond acceptors (Lipinski definition) is 5. The van der Waals surface area contributed by atoms with E-state index in [1.165, 1.54) is 11.3 Å². The van der Waals surface area contributed by atoms with E-state index in [9.17, 15) is 4.79 Å². The van der Waals surface area contributed by atoms with E-state index < -0.39 is 6.10 Å². The van der Waals surface area contributed by atoms with Gasteiger partial charge in [-0.15, -0.1) is 11.3 Å². The lowest BCUT2D eigenvalue weighted by atomic mass is 10.2. The summed E-state index contributed by atoms with van der Waals surface area (Å²) >= 11 is 1.42. The van der Waals surface area contributed by atoms with E-state index in [1.54, 1.807) is 38.3 Å². The molecule has 1 N–H and O–H groups in total. The van der Waals surface area contributed by atoms with Gasteiger partial charge >= 0.3 is 0 Å². The average Bonchev–Trinajstić information content (AvgIpc) is 2.96. The van der Waals surface area contributed by atoms with Gasteiger partial charge in [0.25, 0.3) is 5.91 Å². The molecule has 1 atom stereocenters. The number of carbonyl (C=O) groups excluding carboxylic acids is 1. The number of thiazole rings is 1. The first-order valence-corrected chi connectivity index (χ1v) is 7.94. The standard InChI is InChI=1S/C16H20N2O3S/c1-10(2)14-9-22-16(17-14)18-15(19)11(3)21-13-7-5-12(20-4)6-8-13/h5-11H,1-4H3,(H,17,18,19). The number of benzene rings is 1. The lowest BCUT2D eigenvalue weighted by molar-refractivity contribution is -0.122. The molecular formula is C16H20N2O3S. The molecule has 2 rings (SSSR count). The third-order valence-corrected chi connectivity index (χ3v) is 3.86. The molecule has 1 heterocycles. The first-order chi connectivity index (χ1) is 10.5. The summed E-state index contributed by atoms with van der Waals surface area (Å²) < 4.78 is 10.7. The predicted molar refractivity (Wildman–Crippen MR) is 87.9 cm³/mol. The molecule has 118 valence electrons. The number of anilines is 1. The monoisotopic (exact) mass is 320 g/mol. The van der Waals surface area contributed by atoms with E-state index >= 15 is 0 Å². The Morgan fingerprint density at radius 1 is 1.18 bits per heavy atom. The van der Waals surface area contributed by atoms with Crippen LogP contribution in [0.4, 0.5) is 5.13 Å². The molecule has 1 aromatic heterocycles. The van der Waals surface area contributed by atoms with Crippen molar-refractivity contribution in [3.8, 4) is 11.5 Å². The number of carbonyl (C=O) groups is 1. The number of rotatable bonds is 6. The van der Waals surface area contributed by atoms with E-state index in [0.717, 1.165) is 11.4 Å². The summed E-state index contributed by atoms with van der Waals surface area (Å²) in [6.07, 6.45) is -0.611. The highest BCUT2D eigenvalue weighted by Gasteiger charge is 2.17. The van der Waals surface area contributed by atoms with E-state index in [4.69, 9.17) is 9.47 Å². The van der Waals surface area contributed by atoms with E-state index in [2.05, 4.69) is 24.1 Å². The van der Waals surface area contributed by atoms with Crippen LogP contribution in [0.25, 0.3) is 0 Å². The quantitative estimate of drug-likeness (QED) is 0.882. The predicted octanol–water partition coefficient (Wildman–Crippen LogP) is 3.68. The molecule has 22 heavy (non-hydrogen) atoms. The molecule has 0 fully saturated rings. The molecule has 0 saturated carbocycles. The van der Waals surface area contributed by atoms with Crippen LogP contribution in [-0.2, 0) is 4.79 Å². The number of hydrogen-bond donors (Lipinski definition) is 1. The van der Waals surface area contributed by atoms with Gasteiger partial charge in [0.1, 0.15) is 11.5 Å². The van der Waals surface area contributed by atoms with Crippen molar-refractivity contribution in [2.24, 2.45) is 0 Å². The minimum Gasteiger partial charge on any atom is -0.497 e. The van der Waals surface area contributed by atoms with Crippen LogP contribution in [0.3, 0.4) is 0 Å². The fraction of sp³-hybridized carbons (Fsp3) is 0.375. The van der Waals surface area contributed by atoms with Gasteiger partial charge in [-0.25, -0.2) is 4.98 Å². The first kappa shape index (κ1) is 16.3. The Kier molecular flexibility index (Phi) is 5.38. The Hall–Kier alpha value is -2.08. The third kappa shape index (κ3) is 4.21. The maximum atomic E-state index is 12.1. The molecule has 0 aliphatic heterocycles. The lowest BCUT2D eigenvalue weighted by Crippen LogP contribution is -2.30. The summed E-state index contributed by atoms with van der Waals surface area (Å²) in [5.41, 5.74) is 0.976. The van der Waals surface area contributed by atoms with Crippen molar-refractivity contribution in [3.05, 3.63) is 35.3 Å². The van der Waals surface area contributed by atoms with Crippen molar-refractivity contribution in [2.75, 3.05) is 12.4 Å². The van der Waals surface area contributed by atoms with Crippen LogP contribution in [0.5, 0.6) is 11.5 Å². The molecule has 2 aromatic rings. The van der Waals surface area contributed by atoms with Crippen LogP contribution in [-0.4, -0.2) is 24.1 Å². The Bertz CT molecular complexity index is 623. The minimum absolute atomic E-state index is 0.222. The summed E-state index contributed by atoms with van der Waals surface area (Å²) in [7, 11) is 1.60. The van der Waals surface area contributed by atoms with Gasteiger partial charge in [-0.3, -0.25) is 10.1 Å². The fourth-order valence-electron chi connectivity index (χ4n) is 1.73. The molecule has 0 aliphatic rings. The van der Waals surface area contributed by atoms with Gasteiger partial charge in [0.2, 0.25) is 0 Å². The maximum absolute atomic E-state index is 12.1. The normalized spacial score (nSPS) is 12.0. The Morgan fingerprint density at radius 2 is 1.82 bits per heavy atom. The molecule has 0 aliphatic carbocycles.